The Hall–Kier alpha value is -0.770. The average Bonchev–Trinajstić information content (AvgIpc) is 2.16. The van der Waals surface area contributed by atoms with Crippen LogP contribution >= 0.6 is 12.4 Å². The number of ether oxygens (including phenoxy) is 1. The van der Waals surface area contributed by atoms with Gasteiger partial charge in [-0.05, 0) is 13.3 Å². The first kappa shape index (κ1) is 16.7. The van der Waals surface area contributed by atoms with Gasteiger partial charge in [0.2, 0.25) is 5.91 Å². The Labute approximate surface area is 97.4 Å². The van der Waals surface area contributed by atoms with Gasteiger partial charge in [0, 0.05) is 13.0 Å². The molecule has 0 unspecified atom stereocenters. The van der Waals surface area contributed by atoms with E-state index >= 15 is 0 Å². The standard InChI is InChI=1S/C10H19NO3.ClH/c1-4-7-11(9(12)5-2)8-10(13)14-6-3;/h4-8H2,1-3H3;1H. The molecule has 0 spiro atoms. The summed E-state index contributed by atoms with van der Waals surface area (Å²) in [5, 5.41) is 0. The Bertz CT molecular complexity index is 197. The van der Waals surface area contributed by atoms with Gasteiger partial charge in [-0.3, -0.25) is 9.59 Å². The zero-order valence-corrected chi connectivity index (χ0v) is 10.4. The average molecular weight is 238 g/mol. The highest BCUT2D eigenvalue weighted by molar-refractivity contribution is 5.85. The molecule has 1 amide bonds. The molecule has 90 valence electrons. The predicted molar refractivity (Wildman–Crippen MR) is 61.0 cm³/mol. The largest absolute Gasteiger partial charge is 0.465 e. The normalized spacial score (nSPS) is 9.00. The number of halogens is 1. The fourth-order valence-electron chi connectivity index (χ4n) is 1.15. The molecule has 0 aromatic rings. The highest BCUT2D eigenvalue weighted by Crippen LogP contribution is 1.97. The molecule has 0 saturated carbocycles. The zero-order valence-electron chi connectivity index (χ0n) is 9.62. The Balaban J connectivity index is 0. The van der Waals surface area contributed by atoms with Gasteiger partial charge >= 0.3 is 5.97 Å². The van der Waals surface area contributed by atoms with Crippen LogP contribution in [0.1, 0.15) is 33.6 Å². The lowest BCUT2D eigenvalue weighted by Crippen LogP contribution is -2.36. The van der Waals surface area contributed by atoms with Crippen molar-refractivity contribution in [2.24, 2.45) is 0 Å². The Kier molecular flexibility index (Phi) is 10.8. The maximum Gasteiger partial charge on any atom is 0.325 e. The number of hydrogen-bond acceptors (Lipinski definition) is 3. The topological polar surface area (TPSA) is 46.6 Å². The molecule has 0 fully saturated rings. The molecule has 0 aromatic carbocycles. The van der Waals surface area contributed by atoms with E-state index in [1.54, 1.807) is 13.8 Å². The summed E-state index contributed by atoms with van der Waals surface area (Å²) in [6, 6.07) is 0. The summed E-state index contributed by atoms with van der Waals surface area (Å²) >= 11 is 0. The van der Waals surface area contributed by atoms with Crippen molar-refractivity contribution in [2.75, 3.05) is 19.7 Å². The first-order chi connectivity index (χ1) is 6.65. The first-order valence-corrected chi connectivity index (χ1v) is 5.09. The second kappa shape index (κ2) is 9.77. The van der Waals surface area contributed by atoms with Crippen molar-refractivity contribution in [1.82, 2.24) is 4.90 Å². The van der Waals surface area contributed by atoms with Gasteiger partial charge in [-0.15, -0.1) is 12.4 Å². The van der Waals surface area contributed by atoms with E-state index in [2.05, 4.69) is 0 Å². The SMILES string of the molecule is CCCN(CC(=O)OCC)C(=O)CC.Cl. The Morgan fingerprint density at radius 3 is 2.20 bits per heavy atom. The summed E-state index contributed by atoms with van der Waals surface area (Å²) in [6.45, 7) is 6.57. The van der Waals surface area contributed by atoms with Crippen LogP contribution in [0, 0.1) is 0 Å². The van der Waals surface area contributed by atoms with Crippen molar-refractivity contribution < 1.29 is 14.3 Å². The molecular formula is C10H20ClNO3. The van der Waals surface area contributed by atoms with Gasteiger partial charge in [0.15, 0.2) is 0 Å². The molecule has 0 aliphatic heterocycles. The molecule has 0 N–H and O–H groups in total. The number of amides is 1. The number of hydrogen-bond donors (Lipinski definition) is 0. The van der Waals surface area contributed by atoms with Crippen molar-refractivity contribution in [3.63, 3.8) is 0 Å². The van der Waals surface area contributed by atoms with E-state index in [-0.39, 0.29) is 30.8 Å². The number of esters is 1. The molecule has 15 heavy (non-hydrogen) atoms. The smallest absolute Gasteiger partial charge is 0.325 e. The number of carbonyl (C=O) groups is 2. The third-order valence-electron chi connectivity index (χ3n) is 1.77. The summed E-state index contributed by atoms with van der Waals surface area (Å²) < 4.78 is 4.78. The minimum atomic E-state index is -0.331. The molecule has 0 bridgehead atoms. The van der Waals surface area contributed by atoms with Gasteiger partial charge in [-0.1, -0.05) is 13.8 Å². The van der Waals surface area contributed by atoms with Gasteiger partial charge in [0.1, 0.15) is 6.54 Å². The van der Waals surface area contributed by atoms with E-state index in [1.807, 2.05) is 6.92 Å². The molecule has 0 rings (SSSR count). The first-order valence-electron chi connectivity index (χ1n) is 5.09. The highest BCUT2D eigenvalue weighted by atomic mass is 35.5. The van der Waals surface area contributed by atoms with Crippen molar-refractivity contribution in [1.29, 1.82) is 0 Å². The van der Waals surface area contributed by atoms with Crippen molar-refractivity contribution in [3.8, 4) is 0 Å². The van der Waals surface area contributed by atoms with E-state index in [4.69, 9.17) is 4.74 Å². The van der Waals surface area contributed by atoms with Crippen LogP contribution in [0.5, 0.6) is 0 Å². The van der Waals surface area contributed by atoms with Gasteiger partial charge in [0.05, 0.1) is 6.61 Å². The monoisotopic (exact) mass is 237 g/mol. The number of carbonyl (C=O) groups excluding carboxylic acids is 2. The number of nitrogens with zero attached hydrogens (tertiary/aromatic N) is 1. The van der Waals surface area contributed by atoms with Crippen LogP contribution in [0.25, 0.3) is 0 Å². The quantitative estimate of drug-likeness (QED) is 0.660. The predicted octanol–water partition coefficient (Wildman–Crippen LogP) is 1.62. The molecule has 5 heteroatoms. The van der Waals surface area contributed by atoms with Crippen molar-refractivity contribution in [2.45, 2.75) is 33.6 Å². The minimum Gasteiger partial charge on any atom is -0.465 e. The highest BCUT2D eigenvalue weighted by Gasteiger charge is 2.14. The zero-order chi connectivity index (χ0) is 11.0. The van der Waals surface area contributed by atoms with Crippen LogP contribution in [0.15, 0.2) is 0 Å². The number of rotatable bonds is 6. The fourth-order valence-corrected chi connectivity index (χ4v) is 1.15. The second-order valence-corrected chi connectivity index (χ2v) is 2.97. The minimum absolute atomic E-state index is 0. The summed E-state index contributed by atoms with van der Waals surface area (Å²) in [5.74, 6) is -0.331. The molecule has 0 heterocycles. The van der Waals surface area contributed by atoms with Crippen LogP contribution in [0.3, 0.4) is 0 Å². The van der Waals surface area contributed by atoms with E-state index in [1.165, 1.54) is 4.90 Å². The summed E-state index contributed by atoms with van der Waals surface area (Å²) in [6.07, 6.45) is 1.28. The van der Waals surface area contributed by atoms with E-state index < -0.39 is 0 Å². The molecule has 4 nitrogen and oxygen atoms in total. The maximum absolute atomic E-state index is 11.4. The van der Waals surface area contributed by atoms with E-state index in [9.17, 15) is 9.59 Å². The summed E-state index contributed by atoms with van der Waals surface area (Å²) in [7, 11) is 0. The van der Waals surface area contributed by atoms with Crippen LogP contribution in [0.4, 0.5) is 0 Å². The van der Waals surface area contributed by atoms with Gasteiger partial charge in [0.25, 0.3) is 0 Å². The summed E-state index contributed by atoms with van der Waals surface area (Å²) in [5.41, 5.74) is 0. The molecule has 0 aliphatic carbocycles. The Morgan fingerprint density at radius 1 is 1.20 bits per heavy atom. The van der Waals surface area contributed by atoms with Crippen molar-refractivity contribution >= 4 is 24.3 Å². The molecular weight excluding hydrogens is 218 g/mol. The van der Waals surface area contributed by atoms with Gasteiger partial charge < -0.3 is 9.64 Å². The van der Waals surface area contributed by atoms with Crippen LogP contribution in [0.2, 0.25) is 0 Å². The molecule has 0 aromatic heterocycles. The van der Waals surface area contributed by atoms with Crippen LogP contribution in [-0.2, 0) is 14.3 Å². The third-order valence-corrected chi connectivity index (χ3v) is 1.77. The lowest BCUT2D eigenvalue weighted by atomic mass is 10.3. The lowest BCUT2D eigenvalue weighted by molar-refractivity contribution is -0.148. The van der Waals surface area contributed by atoms with Crippen LogP contribution < -0.4 is 0 Å². The molecule has 0 saturated heterocycles. The maximum atomic E-state index is 11.4. The Morgan fingerprint density at radius 2 is 1.80 bits per heavy atom. The van der Waals surface area contributed by atoms with E-state index in [0.717, 1.165) is 6.42 Å². The van der Waals surface area contributed by atoms with E-state index in [0.29, 0.717) is 19.6 Å². The lowest BCUT2D eigenvalue weighted by Gasteiger charge is -2.20. The second-order valence-electron chi connectivity index (χ2n) is 2.97. The fraction of sp³-hybridized carbons (Fsp3) is 0.800. The van der Waals surface area contributed by atoms with Gasteiger partial charge in [-0.2, -0.15) is 0 Å². The van der Waals surface area contributed by atoms with Crippen molar-refractivity contribution in [3.05, 3.63) is 0 Å². The molecule has 0 atom stereocenters. The summed E-state index contributed by atoms with van der Waals surface area (Å²) in [4.78, 5) is 24.0. The van der Waals surface area contributed by atoms with Crippen LogP contribution in [-0.4, -0.2) is 36.5 Å². The van der Waals surface area contributed by atoms with Gasteiger partial charge in [-0.25, -0.2) is 0 Å². The molecule has 0 radical (unpaired) electrons. The third kappa shape index (κ3) is 7.19. The molecule has 0 aliphatic rings.